The predicted molar refractivity (Wildman–Crippen MR) is 107 cm³/mol. The SMILES string of the molecule is N#Cc1cc2cn[nH]c2c(C(=O)O)c1NC(=O)c1cc(C(F)(F)F)nn1-c1ncccc1Cl. The van der Waals surface area contributed by atoms with Crippen LogP contribution < -0.4 is 5.32 Å². The van der Waals surface area contributed by atoms with E-state index >= 15 is 0 Å². The van der Waals surface area contributed by atoms with Crippen molar-refractivity contribution in [1.82, 2.24) is 25.0 Å². The molecule has 166 valence electrons. The summed E-state index contributed by atoms with van der Waals surface area (Å²) in [7, 11) is 0. The fourth-order valence-corrected chi connectivity index (χ4v) is 3.28. The highest BCUT2D eigenvalue weighted by molar-refractivity contribution is 6.32. The molecule has 0 aliphatic heterocycles. The normalized spacial score (nSPS) is 11.4. The van der Waals surface area contributed by atoms with Gasteiger partial charge in [-0.15, -0.1) is 0 Å². The van der Waals surface area contributed by atoms with E-state index in [4.69, 9.17) is 11.6 Å². The Bertz CT molecular complexity index is 1470. The van der Waals surface area contributed by atoms with Gasteiger partial charge in [0.15, 0.2) is 11.5 Å². The Morgan fingerprint density at radius 2 is 2.06 bits per heavy atom. The van der Waals surface area contributed by atoms with Crippen molar-refractivity contribution in [3.8, 4) is 11.9 Å². The van der Waals surface area contributed by atoms with Crippen LogP contribution in [0.2, 0.25) is 5.02 Å². The van der Waals surface area contributed by atoms with Gasteiger partial charge in [0, 0.05) is 17.6 Å². The highest BCUT2D eigenvalue weighted by Crippen LogP contribution is 2.32. The summed E-state index contributed by atoms with van der Waals surface area (Å²) in [6.45, 7) is 0. The van der Waals surface area contributed by atoms with E-state index in [2.05, 4.69) is 25.6 Å². The van der Waals surface area contributed by atoms with E-state index in [0.717, 1.165) is 0 Å². The van der Waals surface area contributed by atoms with Gasteiger partial charge in [-0.2, -0.15) is 28.6 Å². The number of anilines is 1. The molecule has 0 radical (unpaired) electrons. The lowest BCUT2D eigenvalue weighted by Crippen LogP contribution is -2.20. The van der Waals surface area contributed by atoms with E-state index < -0.39 is 40.7 Å². The lowest BCUT2D eigenvalue weighted by molar-refractivity contribution is -0.141. The second-order valence-corrected chi connectivity index (χ2v) is 6.92. The molecule has 0 atom stereocenters. The van der Waals surface area contributed by atoms with Crippen molar-refractivity contribution < 1.29 is 27.9 Å². The molecule has 0 saturated heterocycles. The molecular weight excluding hydrogens is 467 g/mol. The van der Waals surface area contributed by atoms with E-state index in [9.17, 15) is 33.1 Å². The minimum Gasteiger partial charge on any atom is -0.478 e. The summed E-state index contributed by atoms with van der Waals surface area (Å²) in [6.07, 6.45) is -2.39. The first-order valence-electron chi connectivity index (χ1n) is 8.84. The number of amides is 1. The Morgan fingerprint density at radius 1 is 1.30 bits per heavy atom. The van der Waals surface area contributed by atoms with Crippen molar-refractivity contribution in [3.63, 3.8) is 0 Å². The number of rotatable bonds is 4. The molecule has 3 heterocycles. The molecule has 10 nitrogen and oxygen atoms in total. The third kappa shape index (κ3) is 3.83. The average molecular weight is 476 g/mol. The minimum absolute atomic E-state index is 0.00839. The summed E-state index contributed by atoms with van der Waals surface area (Å²) in [5, 5.41) is 31.1. The van der Waals surface area contributed by atoms with Gasteiger partial charge in [-0.1, -0.05) is 11.6 Å². The van der Waals surface area contributed by atoms with Crippen LogP contribution in [0.1, 0.15) is 32.1 Å². The topological polar surface area (TPSA) is 150 Å². The van der Waals surface area contributed by atoms with E-state index in [1.54, 1.807) is 6.07 Å². The van der Waals surface area contributed by atoms with Gasteiger partial charge in [-0.05, 0) is 18.2 Å². The molecular formula is C19H9ClF3N7O3. The molecule has 0 saturated carbocycles. The zero-order valence-corrected chi connectivity index (χ0v) is 16.7. The third-order valence-corrected chi connectivity index (χ3v) is 4.78. The smallest absolute Gasteiger partial charge is 0.435 e. The Balaban J connectivity index is 1.88. The van der Waals surface area contributed by atoms with Crippen LogP contribution >= 0.6 is 11.6 Å². The number of aromatic carboxylic acids is 1. The van der Waals surface area contributed by atoms with Gasteiger partial charge in [-0.3, -0.25) is 9.89 Å². The lowest BCUT2D eigenvalue weighted by atomic mass is 10.0. The Kier molecular flexibility index (Phi) is 5.22. The Morgan fingerprint density at radius 3 is 2.70 bits per heavy atom. The van der Waals surface area contributed by atoms with Gasteiger partial charge in [0.1, 0.15) is 17.3 Å². The van der Waals surface area contributed by atoms with E-state index in [1.807, 2.05) is 0 Å². The van der Waals surface area contributed by atoms with Crippen LogP contribution in [0, 0.1) is 11.3 Å². The van der Waals surface area contributed by atoms with Crippen molar-refractivity contribution >= 4 is 40.1 Å². The number of carbonyl (C=O) groups is 2. The number of aromatic nitrogens is 5. The number of nitriles is 1. The van der Waals surface area contributed by atoms with E-state index in [0.29, 0.717) is 10.7 Å². The fraction of sp³-hybridized carbons (Fsp3) is 0.0526. The summed E-state index contributed by atoms with van der Waals surface area (Å²) in [5.41, 5.74) is -3.21. The quantitative estimate of drug-likeness (QED) is 0.408. The zero-order chi connectivity index (χ0) is 23.9. The number of aromatic amines is 1. The number of nitrogens with one attached hydrogen (secondary N) is 2. The Labute approximate surface area is 186 Å². The Hall–Kier alpha value is -4.44. The molecule has 0 spiro atoms. The summed E-state index contributed by atoms with van der Waals surface area (Å²) >= 11 is 6.02. The molecule has 4 aromatic rings. The van der Waals surface area contributed by atoms with Crippen LogP contribution in [-0.4, -0.2) is 41.9 Å². The molecule has 0 aliphatic carbocycles. The standard InChI is InChI=1S/C19H9ClF3N7O3/c20-10-2-1-3-25-16(10)30-11(5-12(29-30)19(21,22)23)17(31)27-14-8(6-24)4-9-7-26-28-15(9)13(14)18(32)33/h1-5,7H,(H,26,28)(H,27,31)(H,32,33). The maximum absolute atomic E-state index is 13.3. The molecule has 1 amide bonds. The molecule has 3 N–H and O–H groups in total. The number of carboxylic acid groups (broad SMARTS) is 1. The number of alkyl halides is 3. The summed E-state index contributed by atoms with van der Waals surface area (Å²) in [4.78, 5) is 28.8. The van der Waals surface area contributed by atoms with Gasteiger partial charge in [-0.25, -0.2) is 14.5 Å². The maximum Gasteiger partial charge on any atom is 0.435 e. The highest BCUT2D eigenvalue weighted by atomic mass is 35.5. The number of carboxylic acids is 1. The molecule has 14 heteroatoms. The maximum atomic E-state index is 13.3. The monoisotopic (exact) mass is 475 g/mol. The second-order valence-electron chi connectivity index (χ2n) is 6.51. The van der Waals surface area contributed by atoms with Crippen molar-refractivity contribution in [2.75, 3.05) is 5.32 Å². The number of hydrogen-bond acceptors (Lipinski definition) is 6. The molecule has 0 unspecified atom stereocenters. The van der Waals surface area contributed by atoms with Crippen molar-refractivity contribution in [2.45, 2.75) is 6.18 Å². The van der Waals surface area contributed by atoms with Crippen molar-refractivity contribution in [2.24, 2.45) is 0 Å². The van der Waals surface area contributed by atoms with E-state index in [-0.39, 0.29) is 27.3 Å². The van der Waals surface area contributed by atoms with Gasteiger partial charge in [0.2, 0.25) is 0 Å². The highest BCUT2D eigenvalue weighted by Gasteiger charge is 2.37. The molecule has 3 aromatic heterocycles. The molecule has 0 fully saturated rings. The summed E-state index contributed by atoms with van der Waals surface area (Å²) in [6, 6.07) is 6.26. The first-order valence-corrected chi connectivity index (χ1v) is 9.22. The molecule has 1 aromatic carbocycles. The number of benzene rings is 1. The van der Waals surface area contributed by atoms with Crippen LogP contribution in [0.4, 0.5) is 18.9 Å². The van der Waals surface area contributed by atoms with Gasteiger partial charge < -0.3 is 10.4 Å². The average Bonchev–Trinajstić information content (AvgIpc) is 3.40. The molecule has 33 heavy (non-hydrogen) atoms. The van der Waals surface area contributed by atoms with Crippen molar-refractivity contribution in [3.05, 3.63) is 64.2 Å². The van der Waals surface area contributed by atoms with Crippen LogP contribution in [0.25, 0.3) is 16.7 Å². The van der Waals surface area contributed by atoms with Crippen LogP contribution in [0.3, 0.4) is 0 Å². The number of carbonyl (C=O) groups excluding carboxylic acids is 1. The number of nitrogens with zero attached hydrogens (tertiary/aromatic N) is 5. The van der Waals surface area contributed by atoms with Crippen molar-refractivity contribution in [1.29, 1.82) is 5.26 Å². The molecule has 0 aliphatic rings. The summed E-state index contributed by atoms with van der Waals surface area (Å²) in [5.74, 6) is -2.95. The second kappa shape index (κ2) is 7.92. The number of pyridine rings is 1. The van der Waals surface area contributed by atoms with Crippen LogP contribution in [0.5, 0.6) is 0 Å². The summed E-state index contributed by atoms with van der Waals surface area (Å²) < 4.78 is 40.6. The van der Waals surface area contributed by atoms with Gasteiger partial charge in [0.05, 0.1) is 28.0 Å². The molecule has 0 bridgehead atoms. The lowest BCUT2D eigenvalue weighted by Gasteiger charge is -2.12. The molecule has 4 rings (SSSR count). The third-order valence-electron chi connectivity index (χ3n) is 4.48. The first kappa shape index (κ1) is 21.8. The predicted octanol–water partition coefficient (Wildman–Crippen LogP) is 3.64. The fourth-order valence-electron chi connectivity index (χ4n) is 3.08. The first-order chi connectivity index (χ1) is 15.6. The van der Waals surface area contributed by atoms with Crippen LogP contribution in [-0.2, 0) is 6.18 Å². The van der Waals surface area contributed by atoms with Gasteiger partial charge >= 0.3 is 12.1 Å². The van der Waals surface area contributed by atoms with Gasteiger partial charge in [0.25, 0.3) is 5.91 Å². The number of halogens is 4. The number of H-pyrrole nitrogens is 1. The van der Waals surface area contributed by atoms with Crippen LogP contribution in [0.15, 0.2) is 36.7 Å². The largest absolute Gasteiger partial charge is 0.478 e. The zero-order valence-electron chi connectivity index (χ0n) is 16.0. The van der Waals surface area contributed by atoms with E-state index in [1.165, 1.54) is 30.6 Å². The number of fused-ring (bicyclic) bond motifs is 1. The minimum atomic E-state index is -4.90. The number of hydrogen-bond donors (Lipinski definition) is 3.